The number of hydrogen-bond donors (Lipinski definition) is 0. The van der Waals surface area contributed by atoms with Gasteiger partial charge in [0.25, 0.3) is 7.82 Å². The van der Waals surface area contributed by atoms with Crippen molar-refractivity contribution in [1.82, 2.24) is 0 Å². The number of phosphoric ester groups is 1. The Bertz CT molecular complexity index is 2080. The molecule has 2 unspecified atom stereocenters. The van der Waals surface area contributed by atoms with Crippen LogP contribution in [0.25, 0.3) is 0 Å². The molecule has 0 fully saturated rings. The molecular formula is C94H172NO8P. The fourth-order valence-electron chi connectivity index (χ4n) is 13.3. The summed E-state index contributed by atoms with van der Waals surface area (Å²) in [5.74, 6) is -0.811. The van der Waals surface area contributed by atoms with Crippen molar-refractivity contribution in [2.24, 2.45) is 0 Å². The first-order valence-electron chi connectivity index (χ1n) is 44.9. The largest absolute Gasteiger partial charge is 0.756 e. The molecule has 0 radical (unpaired) electrons. The van der Waals surface area contributed by atoms with Gasteiger partial charge >= 0.3 is 11.9 Å². The van der Waals surface area contributed by atoms with Crippen molar-refractivity contribution >= 4 is 19.8 Å². The van der Waals surface area contributed by atoms with Gasteiger partial charge < -0.3 is 27.9 Å². The topological polar surface area (TPSA) is 111 Å². The first-order chi connectivity index (χ1) is 51.0. The molecular weight excluding hydrogens is 1300 g/mol. The van der Waals surface area contributed by atoms with Gasteiger partial charge in [-0.2, -0.15) is 0 Å². The molecule has 0 saturated heterocycles. The Morgan fingerprint density at radius 2 is 0.548 bits per heavy atom. The van der Waals surface area contributed by atoms with E-state index < -0.39 is 26.5 Å². The molecule has 9 nitrogen and oxygen atoms in total. The van der Waals surface area contributed by atoms with E-state index >= 15 is 0 Å². The summed E-state index contributed by atoms with van der Waals surface area (Å²) in [6.07, 6.45) is 119. The second-order valence-corrected chi connectivity index (χ2v) is 33.0. The summed E-state index contributed by atoms with van der Waals surface area (Å²) in [5.41, 5.74) is 0. The van der Waals surface area contributed by atoms with Gasteiger partial charge in [0.1, 0.15) is 19.8 Å². The van der Waals surface area contributed by atoms with Gasteiger partial charge in [0.15, 0.2) is 6.10 Å². The summed E-state index contributed by atoms with van der Waals surface area (Å²) >= 11 is 0. The maximum absolute atomic E-state index is 12.9. The minimum absolute atomic E-state index is 0.0299. The number of ether oxygens (including phenoxy) is 2. The lowest BCUT2D eigenvalue weighted by molar-refractivity contribution is -0.870. The highest BCUT2D eigenvalue weighted by Crippen LogP contribution is 2.38. The average Bonchev–Trinajstić information content (AvgIpc) is 0.920. The van der Waals surface area contributed by atoms with Crippen molar-refractivity contribution in [2.75, 3.05) is 47.5 Å². The number of likely N-dealkylation sites (N-methyl/N-ethyl adjacent to an activating group) is 1. The number of allylic oxidation sites excluding steroid dienone is 16. The number of carbonyl (C=O) groups is 2. The van der Waals surface area contributed by atoms with Gasteiger partial charge in [-0.3, -0.25) is 14.2 Å². The fourth-order valence-corrected chi connectivity index (χ4v) is 14.0. The summed E-state index contributed by atoms with van der Waals surface area (Å²) in [7, 11) is 1.18. The summed E-state index contributed by atoms with van der Waals surface area (Å²) in [6, 6.07) is 0. The number of unbranched alkanes of at least 4 members (excludes halogenated alkanes) is 54. The monoisotopic (exact) mass is 1470 g/mol. The molecule has 606 valence electrons. The minimum atomic E-state index is -4.65. The van der Waals surface area contributed by atoms with Crippen LogP contribution in [0, 0.1) is 0 Å². The molecule has 0 aromatic heterocycles. The third-order valence-electron chi connectivity index (χ3n) is 20.1. The van der Waals surface area contributed by atoms with E-state index in [4.69, 9.17) is 18.5 Å². The van der Waals surface area contributed by atoms with Gasteiger partial charge in [-0.05, 0) is 96.3 Å². The van der Waals surface area contributed by atoms with Gasteiger partial charge in [0, 0.05) is 12.8 Å². The SMILES string of the molecule is CC/C=C\C/C=C\C/C=C\C/C=C\C/C=C\C/C=C\C/C=C\CCCCCCCCCCCCCCCCCCCCCC(=O)OC(COC(=O)CCCCCCCCCCCCCCCCCCCCCCCCCCCCC/C=C\CCCCCCCCCC)COP(=O)([O-])OCC[N+](C)(C)C. The molecule has 0 aromatic rings. The zero-order valence-electron chi connectivity index (χ0n) is 69.5. The molecule has 0 saturated carbocycles. The lowest BCUT2D eigenvalue weighted by Crippen LogP contribution is -2.37. The Kier molecular flexibility index (Phi) is 81.5. The number of quaternary nitrogens is 1. The van der Waals surface area contributed by atoms with E-state index in [0.29, 0.717) is 17.4 Å². The first kappa shape index (κ1) is 101. The second-order valence-electron chi connectivity index (χ2n) is 31.6. The molecule has 0 amide bonds. The summed E-state index contributed by atoms with van der Waals surface area (Å²) in [5, 5.41) is 0. The van der Waals surface area contributed by atoms with Crippen molar-refractivity contribution in [3.8, 4) is 0 Å². The van der Waals surface area contributed by atoms with E-state index in [2.05, 4.69) is 111 Å². The van der Waals surface area contributed by atoms with E-state index in [-0.39, 0.29) is 32.0 Å². The molecule has 0 heterocycles. The predicted octanol–water partition coefficient (Wildman–Crippen LogP) is 29.9. The van der Waals surface area contributed by atoms with E-state index in [1.807, 2.05) is 21.1 Å². The van der Waals surface area contributed by atoms with Crippen LogP contribution < -0.4 is 4.89 Å². The summed E-state index contributed by atoms with van der Waals surface area (Å²) < 4.78 is 34.5. The van der Waals surface area contributed by atoms with Crippen molar-refractivity contribution in [3.63, 3.8) is 0 Å². The highest BCUT2D eigenvalue weighted by atomic mass is 31.2. The highest BCUT2D eigenvalue weighted by molar-refractivity contribution is 7.45. The van der Waals surface area contributed by atoms with Gasteiger partial charge in [-0.15, -0.1) is 0 Å². The Labute approximate surface area is 646 Å². The summed E-state index contributed by atoms with van der Waals surface area (Å²) in [4.78, 5) is 38.3. The first-order valence-corrected chi connectivity index (χ1v) is 46.4. The van der Waals surface area contributed by atoms with Crippen LogP contribution in [0.1, 0.15) is 438 Å². The Balaban J connectivity index is 3.87. The maximum Gasteiger partial charge on any atom is 0.306 e. The van der Waals surface area contributed by atoms with Gasteiger partial charge in [-0.1, -0.05) is 426 Å². The lowest BCUT2D eigenvalue weighted by Gasteiger charge is -2.28. The van der Waals surface area contributed by atoms with E-state index in [9.17, 15) is 19.0 Å². The van der Waals surface area contributed by atoms with Crippen LogP contribution in [-0.4, -0.2) is 70.0 Å². The van der Waals surface area contributed by atoms with Gasteiger partial charge in [-0.25, -0.2) is 0 Å². The zero-order valence-corrected chi connectivity index (χ0v) is 70.4. The average molecular weight is 1480 g/mol. The molecule has 0 rings (SSSR count). The highest BCUT2D eigenvalue weighted by Gasteiger charge is 2.22. The number of carbonyl (C=O) groups excluding carboxylic acids is 2. The molecule has 0 bridgehead atoms. The molecule has 10 heteroatoms. The quantitative estimate of drug-likeness (QED) is 0.0195. The standard InChI is InChI=1S/C94H172NO8P/c1-6-8-10-12-14-16-18-20-22-24-26-28-30-32-34-36-38-40-42-44-46-47-49-51-53-55-57-59-61-63-65-67-69-71-73-75-77-79-81-83-85-87-94(97)103-92(91-102-104(98,99)101-89-88-95(3,4)5)90-100-93(96)86-84-82-80-78-76-74-72-70-68-66-64-62-60-58-56-54-52-50-48-45-43-41-39-37-35-33-31-29-27-25-23-21-19-17-15-13-11-9-7-2/h8,10,14,16,20,22,25-28,32,34,38,40,44,46,92H,6-7,9,11-13,15,17-19,21,23-24,29-31,33,35-37,39,41-43,45,47-91H2,1-5H3/b10-8-,16-14-,22-20-,27-25-,28-26-,34-32-,40-38-,46-44-. The molecule has 0 aromatic carbocycles. The Morgan fingerprint density at radius 3 is 0.827 bits per heavy atom. The van der Waals surface area contributed by atoms with Crippen molar-refractivity contribution in [2.45, 2.75) is 444 Å². The molecule has 0 aliphatic rings. The maximum atomic E-state index is 12.9. The molecule has 0 aliphatic heterocycles. The lowest BCUT2D eigenvalue weighted by atomic mass is 10.0. The number of rotatable bonds is 84. The number of esters is 2. The smallest absolute Gasteiger partial charge is 0.306 e. The number of hydrogen-bond acceptors (Lipinski definition) is 8. The van der Waals surface area contributed by atoms with Gasteiger partial charge in [0.2, 0.25) is 0 Å². The van der Waals surface area contributed by atoms with Crippen LogP contribution in [0.2, 0.25) is 0 Å². The van der Waals surface area contributed by atoms with Crippen LogP contribution in [0.5, 0.6) is 0 Å². The summed E-state index contributed by atoms with van der Waals surface area (Å²) in [6.45, 7) is 4.19. The Morgan fingerprint density at radius 1 is 0.308 bits per heavy atom. The second kappa shape index (κ2) is 84.0. The molecule has 0 N–H and O–H groups in total. The third-order valence-corrected chi connectivity index (χ3v) is 21.1. The Hall–Kier alpha value is -3.07. The fraction of sp³-hybridized carbons (Fsp3) is 0.809. The molecule has 2 atom stereocenters. The molecule has 0 spiro atoms. The van der Waals surface area contributed by atoms with Crippen molar-refractivity contribution < 1.29 is 42.1 Å². The molecule has 0 aliphatic carbocycles. The predicted molar refractivity (Wildman–Crippen MR) is 452 cm³/mol. The van der Waals surface area contributed by atoms with Crippen molar-refractivity contribution in [3.05, 3.63) is 97.2 Å². The number of nitrogens with zero attached hydrogens (tertiary/aromatic N) is 1. The van der Waals surface area contributed by atoms with Gasteiger partial charge in [0.05, 0.1) is 27.7 Å². The number of phosphoric acid groups is 1. The van der Waals surface area contributed by atoms with E-state index in [1.54, 1.807) is 0 Å². The van der Waals surface area contributed by atoms with Crippen LogP contribution in [0.15, 0.2) is 97.2 Å². The normalized spacial score (nSPS) is 13.4. The minimum Gasteiger partial charge on any atom is -0.756 e. The zero-order chi connectivity index (χ0) is 75.4. The van der Waals surface area contributed by atoms with E-state index in [0.717, 1.165) is 83.5 Å². The van der Waals surface area contributed by atoms with Crippen LogP contribution >= 0.6 is 7.82 Å². The van der Waals surface area contributed by atoms with Crippen LogP contribution in [0.4, 0.5) is 0 Å². The van der Waals surface area contributed by atoms with Crippen LogP contribution in [0.3, 0.4) is 0 Å². The van der Waals surface area contributed by atoms with E-state index in [1.165, 1.54) is 321 Å². The third kappa shape index (κ3) is 87.8. The van der Waals surface area contributed by atoms with Crippen LogP contribution in [-0.2, 0) is 32.7 Å². The molecule has 104 heavy (non-hydrogen) atoms. The van der Waals surface area contributed by atoms with Crippen molar-refractivity contribution in [1.29, 1.82) is 0 Å².